The normalized spacial score (nSPS) is 13.0. The first-order valence-electron chi connectivity index (χ1n) is 12.1. The monoisotopic (exact) mass is 446 g/mol. The van der Waals surface area contributed by atoms with E-state index >= 15 is 0 Å². The minimum Gasteiger partial charge on any atom is -0.147 e. The molecule has 0 bridgehead atoms. The standard InChI is InChI=1S/C30H50.ClH/c1-25(2)15-11-19-29(7)23-13-21-27(5)17-9-10-18-28(6)22-14-24-30(8)20-12-16-26(3)4;/h15-18,23-24H,9-14,19-22H2,1-8H3;1H. The molecule has 0 spiro atoms. The molecular weight excluding hydrogens is 396 g/mol. The van der Waals surface area contributed by atoms with E-state index in [9.17, 15) is 0 Å². The van der Waals surface area contributed by atoms with Crippen molar-refractivity contribution >= 4 is 12.4 Å². The Bertz CT molecular complexity index is 584. The average Bonchev–Trinajstić information content (AvgIpc) is 2.64. The first-order valence-corrected chi connectivity index (χ1v) is 12.1. The molecule has 0 amide bonds. The van der Waals surface area contributed by atoms with Crippen LogP contribution >= 0.6 is 12.4 Å². The fraction of sp³-hybridized carbons (Fsp3) is 0.600. The van der Waals surface area contributed by atoms with Crippen molar-refractivity contribution in [3.05, 3.63) is 69.9 Å². The lowest BCUT2D eigenvalue weighted by atomic mass is 10.0. The van der Waals surface area contributed by atoms with Gasteiger partial charge in [-0.3, -0.25) is 0 Å². The Balaban J connectivity index is 0. The summed E-state index contributed by atoms with van der Waals surface area (Å²) in [5.74, 6) is 0. The number of hydrogen-bond donors (Lipinski definition) is 0. The van der Waals surface area contributed by atoms with Crippen LogP contribution in [0, 0.1) is 0 Å². The third-order valence-corrected chi connectivity index (χ3v) is 5.40. The molecule has 0 heterocycles. The van der Waals surface area contributed by atoms with Crippen molar-refractivity contribution in [3.8, 4) is 0 Å². The highest BCUT2D eigenvalue weighted by atomic mass is 35.5. The van der Waals surface area contributed by atoms with E-state index in [2.05, 4.69) is 91.8 Å². The van der Waals surface area contributed by atoms with Crippen LogP contribution in [0.15, 0.2) is 69.9 Å². The molecule has 1 heteroatoms. The number of hydrogen-bond acceptors (Lipinski definition) is 0. The van der Waals surface area contributed by atoms with E-state index in [0.29, 0.717) is 0 Å². The Hall–Kier alpha value is -1.27. The van der Waals surface area contributed by atoms with Crippen molar-refractivity contribution in [3.63, 3.8) is 0 Å². The Labute approximate surface area is 201 Å². The van der Waals surface area contributed by atoms with Gasteiger partial charge in [0.15, 0.2) is 0 Å². The van der Waals surface area contributed by atoms with Crippen LogP contribution in [0.2, 0.25) is 0 Å². The second-order valence-corrected chi connectivity index (χ2v) is 9.50. The maximum atomic E-state index is 2.43. The highest BCUT2D eigenvalue weighted by Crippen LogP contribution is 2.14. The summed E-state index contributed by atoms with van der Waals surface area (Å²) in [5.41, 5.74) is 8.97. The Kier molecular flexibility index (Phi) is 21.2. The van der Waals surface area contributed by atoms with Crippen LogP contribution < -0.4 is 0 Å². The Morgan fingerprint density at radius 3 is 0.839 bits per heavy atom. The zero-order chi connectivity index (χ0) is 22.8. The topological polar surface area (TPSA) is 0 Å². The van der Waals surface area contributed by atoms with Crippen LogP contribution in [0.1, 0.15) is 120 Å². The van der Waals surface area contributed by atoms with E-state index < -0.39 is 0 Å². The quantitative estimate of drug-likeness (QED) is 0.173. The molecule has 0 unspecified atom stereocenters. The number of halogens is 1. The molecule has 0 saturated carbocycles. The maximum absolute atomic E-state index is 2.43. The van der Waals surface area contributed by atoms with Crippen LogP contribution in [-0.2, 0) is 0 Å². The van der Waals surface area contributed by atoms with Crippen LogP contribution in [-0.4, -0.2) is 0 Å². The van der Waals surface area contributed by atoms with E-state index in [0.717, 1.165) is 0 Å². The van der Waals surface area contributed by atoms with Gasteiger partial charge in [-0.05, 0) is 120 Å². The van der Waals surface area contributed by atoms with Crippen molar-refractivity contribution in [2.45, 2.75) is 120 Å². The molecular formula is C30H51Cl. The molecule has 0 N–H and O–H groups in total. The van der Waals surface area contributed by atoms with Crippen molar-refractivity contribution in [1.82, 2.24) is 0 Å². The van der Waals surface area contributed by atoms with Gasteiger partial charge in [0.2, 0.25) is 0 Å². The molecule has 0 radical (unpaired) electrons. The Morgan fingerprint density at radius 2 is 0.581 bits per heavy atom. The minimum absolute atomic E-state index is 0. The van der Waals surface area contributed by atoms with Crippen molar-refractivity contribution < 1.29 is 0 Å². The zero-order valence-corrected chi connectivity index (χ0v) is 22.8. The molecule has 0 aliphatic carbocycles. The lowest BCUT2D eigenvalue weighted by Crippen LogP contribution is -1.82. The number of rotatable bonds is 15. The SMILES string of the molecule is CC(C)=CCCC(C)=CCCC(C)=CCCC=C(C)CCC=C(C)CCC=C(C)C.Cl. The maximum Gasteiger partial charge on any atom is -0.0288 e. The molecule has 0 aliphatic heterocycles. The molecule has 0 rings (SSSR count). The molecule has 0 aromatic heterocycles. The van der Waals surface area contributed by atoms with E-state index in [1.807, 2.05) is 0 Å². The second kappa shape index (κ2) is 20.6. The summed E-state index contributed by atoms with van der Waals surface area (Å²) in [6, 6.07) is 0. The minimum atomic E-state index is 0. The van der Waals surface area contributed by atoms with Crippen molar-refractivity contribution in [2.24, 2.45) is 0 Å². The summed E-state index contributed by atoms with van der Waals surface area (Å²) in [5, 5.41) is 0. The molecule has 0 aromatic carbocycles. The number of allylic oxidation sites excluding steroid dienone is 12. The van der Waals surface area contributed by atoms with Gasteiger partial charge >= 0.3 is 0 Å². The van der Waals surface area contributed by atoms with Gasteiger partial charge in [0.1, 0.15) is 0 Å². The molecule has 0 atom stereocenters. The van der Waals surface area contributed by atoms with Gasteiger partial charge in [-0.1, -0.05) is 69.9 Å². The predicted octanol–water partition coefficient (Wildman–Crippen LogP) is 11.0. The lowest BCUT2D eigenvalue weighted by molar-refractivity contribution is 0.896. The Morgan fingerprint density at radius 1 is 0.355 bits per heavy atom. The van der Waals surface area contributed by atoms with Gasteiger partial charge in [-0.2, -0.15) is 0 Å². The summed E-state index contributed by atoms with van der Waals surface area (Å²) in [6.45, 7) is 17.8. The molecule has 178 valence electrons. The van der Waals surface area contributed by atoms with Gasteiger partial charge in [-0.15, -0.1) is 12.4 Å². The van der Waals surface area contributed by atoms with Crippen molar-refractivity contribution in [1.29, 1.82) is 0 Å². The van der Waals surface area contributed by atoms with E-state index in [1.54, 1.807) is 0 Å². The summed E-state index contributed by atoms with van der Waals surface area (Å²) in [6.07, 6.45) is 26.2. The van der Waals surface area contributed by atoms with Gasteiger partial charge in [0.25, 0.3) is 0 Å². The van der Waals surface area contributed by atoms with Crippen molar-refractivity contribution in [2.75, 3.05) is 0 Å². The third kappa shape index (κ3) is 23.2. The van der Waals surface area contributed by atoms with Crippen LogP contribution in [0.3, 0.4) is 0 Å². The van der Waals surface area contributed by atoms with Crippen LogP contribution in [0.4, 0.5) is 0 Å². The largest absolute Gasteiger partial charge is 0.147 e. The summed E-state index contributed by atoms with van der Waals surface area (Å²) in [7, 11) is 0. The summed E-state index contributed by atoms with van der Waals surface area (Å²) < 4.78 is 0. The second-order valence-electron chi connectivity index (χ2n) is 9.50. The number of unbranched alkanes of at least 4 members (excludes halogenated alkanes) is 1. The highest BCUT2D eigenvalue weighted by molar-refractivity contribution is 5.85. The first kappa shape index (κ1) is 31.9. The summed E-state index contributed by atoms with van der Waals surface area (Å²) in [4.78, 5) is 0. The van der Waals surface area contributed by atoms with Gasteiger partial charge in [0.05, 0.1) is 0 Å². The fourth-order valence-corrected chi connectivity index (χ4v) is 3.34. The molecule has 0 aromatic rings. The molecule has 31 heavy (non-hydrogen) atoms. The van der Waals surface area contributed by atoms with E-state index in [-0.39, 0.29) is 12.4 Å². The van der Waals surface area contributed by atoms with Crippen LogP contribution in [0.25, 0.3) is 0 Å². The molecule has 0 aliphatic rings. The zero-order valence-electron chi connectivity index (χ0n) is 21.9. The van der Waals surface area contributed by atoms with E-state index in [1.165, 1.54) is 97.6 Å². The highest BCUT2D eigenvalue weighted by Gasteiger charge is 1.94. The lowest BCUT2D eigenvalue weighted by Gasteiger charge is -2.02. The smallest absolute Gasteiger partial charge is 0.0288 e. The average molecular weight is 447 g/mol. The third-order valence-electron chi connectivity index (χ3n) is 5.40. The molecule has 0 fully saturated rings. The molecule has 0 nitrogen and oxygen atoms in total. The van der Waals surface area contributed by atoms with Gasteiger partial charge in [0, 0.05) is 0 Å². The predicted molar refractivity (Wildman–Crippen MR) is 147 cm³/mol. The van der Waals surface area contributed by atoms with Gasteiger partial charge in [-0.25, -0.2) is 0 Å². The molecule has 0 saturated heterocycles. The first-order chi connectivity index (χ1) is 14.2. The van der Waals surface area contributed by atoms with Crippen LogP contribution in [0.5, 0.6) is 0 Å². The van der Waals surface area contributed by atoms with Gasteiger partial charge < -0.3 is 0 Å². The summed E-state index contributed by atoms with van der Waals surface area (Å²) >= 11 is 0. The fourth-order valence-electron chi connectivity index (χ4n) is 3.34. The van der Waals surface area contributed by atoms with E-state index in [4.69, 9.17) is 0 Å².